The van der Waals surface area contributed by atoms with Crippen molar-refractivity contribution in [2.24, 2.45) is 5.73 Å². The Kier molecular flexibility index (Phi) is 4.83. The molecule has 3 aromatic rings. The van der Waals surface area contributed by atoms with Gasteiger partial charge >= 0.3 is 5.97 Å². The summed E-state index contributed by atoms with van der Waals surface area (Å²) in [5.41, 5.74) is 7.36. The molecule has 2 heterocycles. The Morgan fingerprint density at radius 2 is 1.93 bits per heavy atom. The second-order valence-corrected chi connectivity index (χ2v) is 7.66. The second kappa shape index (κ2) is 7.30. The van der Waals surface area contributed by atoms with Crippen molar-refractivity contribution >= 4 is 39.0 Å². The Morgan fingerprint density at radius 1 is 1.21 bits per heavy atom. The molecule has 0 radical (unpaired) electrons. The number of carbonyl (C=O) groups is 1. The van der Waals surface area contributed by atoms with Crippen LogP contribution in [0.2, 0.25) is 5.02 Å². The minimum absolute atomic E-state index is 0.0633. The number of halogens is 1. The first-order chi connectivity index (χ1) is 13.5. The van der Waals surface area contributed by atoms with Crippen LogP contribution >= 0.6 is 22.9 Å². The Labute approximate surface area is 170 Å². The normalized spacial score (nSPS) is 15.9. The van der Waals surface area contributed by atoms with Gasteiger partial charge in [0.15, 0.2) is 0 Å². The topological polar surface area (TPSA) is 78.6 Å². The third-order valence-corrected chi connectivity index (χ3v) is 5.79. The van der Waals surface area contributed by atoms with Crippen molar-refractivity contribution < 1.29 is 14.3 Å². The lowest BCUT2D eigenvalue weighted by Gasteiger charge is -2.28. The molecule has 0 spiro atoms. The zero-order valence-corrected chi connectivity index (χ0v) is 16.5. The molecule has 5 nitrogen and oxygen atoms in total. The van der Waals surface area contributed by atoms with Crippen LogP contribution in [0.5, 0.6) is 5.75 Å². The van der Waals surface area contributed by atoms with E-state index in [0.717, 1.165) is 21.4 Å². The predicted octanol–water partition coefficient (Wildman–Crippen LogP) is 4.17. The van der Waals surface area contributed by atoms with Crippen LogP contribution in [0.4, 0.5) is 0 Å². The number of rotatable bonds is 3. The smallest absolute Gasteiger partial charge is 0.340 e. The van der Waals surface area contributed by atoms with Gasteiger partial charge in [0.05, 0.1) is 18.1 Å². The summed E-state index contributed by atoms with van der Waals surface area (Å²) in [5.74, 6) is -0.993. The number of hydrogen-bond donors (Lipinski definition) is 1. The third kappa shape index (κ3) is 3.04. The summed E-state index contributed by atoms with van der Waals surface area (Å²) in [5, 5.41) is 1.32. The molecule has 1 aromatic heterocycles. The predicted molar refractivity (Wildman–Crippen MR) is 110 cm³/mol. The first kappa shape index (κ1) is 18.5. The Bertz CT molecular complexity index is 1170. The maximum Gasteiger partial charge on any atom is 0.340 e. The Morgan fingerprint density at radius 3 is 2.64 bits per heavy atom. The number of ether oxygens (including phenoxy) is 2. The van der Waals surface area contributed by atoms with Crippen LogP contribution in [0.15, 0.2) is 64.8 Å². The van der Waals surface area contributed by atoms with Gasteiger partial charge in [-0.2, -0.15) is 0 Å². The monoisotopic (exact) mass is 413 g/mol. The first-order valence-corrected chi connectivity index (χ1v) is 9.86. The van der Waals surface area contributed by atoms with Crippen molar-refractivity contribution in [3.8, 4) is 5.75 Å². The zero-order chi connectivity index (χ0) is 19.8. The average Bonchev–Trinajstić information content (AvgIpc) is 2.68. The largest absolute Gasteiger partial charge is 0.462 e. The molecule has 7 heteroatoms. The van der Waals surface area contributed by atoms with E-state index in [-0.39, 0.29) is 22.8 Å². The van der Waals surface area contributed by atoms with Crippen LogP contribution in [-0.2, 0) is 9.53 Å². The number of fused-ring (bicyclic) bond motifs is 3. The summed E-state index contributed by atoms with van der Waals surface area (Å²) in [7, 11) is 0. The van der Waals surface area contributed by atoms with Crippen molar-refractivity contribution in [1.29, 1.82) is 0 Å². The zero-order valence-electron chi connectivity index (χ0n) is 14.9. The van der Waals surface area contributed by atoms with Crippen molar-refractivity contribution in [3.05, 3.63) is 85.7 Å². The molecule has 0 aliphatic carbocycles. The highest BCUT2D eigenvalue weighted by Crippen LogP contribution is 2.44. The van der Waals surface area contributed by atoms with E-state index >= 15 is 0 Å². The molecule has 142 valence electrons. The van der Waals surface area contributed by atoms with E-state index in [9.17, 15) is 9.59 Å². The van der Waals surface area contributed by atoms with Gasteiger partial charge in [-0.25, -0.2) is 4.79 Å². The lowest BCUT2D eigenvalue weighted by atomic mass is 9.83. The molecule has 2 aromatic carbocycles. The molecule has 1 aliphatic heterocycles. The quantitative estimate of drug-likeness (QED) is 0.652. The third-order valence-electron chi connectivity index (χ3n) is 4.55. The summed E-state index contributed by atoms with van der Waals surface area (Å²) >= 11 is 7.13. The molecule has 0 saturated carbocycles. The number of esters is 1. The fourth-order valence-corrected chi connectivity index (χ4v) is 4.43. The van der Waals surface area contributed by atoms with Crippen molar-refractivity contribution in [2.45, 2.75) is 12.8 Å². The highest BCUT2D eigenvalue weighted by atomic mass is 35.5. The molecule has 4 rings (SSSR count). The molecule has 0 saturated heterocycles. The van der Waals surface area contributed by atoms with Gasteiger partial charge in [-0.15, -0.1) is 0 Å². The van der Waals surface area contributed by atoms with Crippen LogP contribution in [0, 0.1) is 0 Å². The number of hydrogen-bond acceptors (Lipinski definition) is 6. The summed E-state index contributed by atoms with van der Waals surface area (Å²) in [6.07, 6.45) is 0. The van der Waals surface area contributed by atoms with Crippen molar-refractivity contribution in [3.63, 3.8) is 0 Å². The molecule has 0 bridgehead atoms. The van der Waals surface area contributed by atoms with Gasteiger partial charge in [-0.1, -0.05) is 47.2 Å². The SMILES string of the molecule is CCOC(=O)C1=C(N)Oc2c(c(=O)sc3ccccc23)[C@H]1c1ccc(Cl)cc1. The molecule has 28 heavy (non-hydrogen) atoms. The van der Waals surface area contributed by atoms with Gasteiger partial charge in [-0.05, 0) is 36.8 Å². The number of nitrogens with two attached hydrogens (primary N) is 1. The van der Waals surface area contributed by atoms with Crippen LogP contribution in [0.3, 0.4) is 0 Å². The molecule has 0 fully saturated rings. The van der Waals surface area contributed by atoms with Crippen LogP contribution < -0.4 is 15.2 Å². The minimum Gasteiger partial charge on any atom is -0.462 e. The van der Waals surface area contributed by atoms with E-state index in [2.05, 4.69) is 0 Å². The maximum atomic E-state index is 13.1. The highest BCUT2D eigenvalue weighted by Gasteiger charge is 2.38. The molecule has 0 unspecified atom stereocenters. The summed E-state index contributed by atoms with van der Waals surface area (Å²) in [6, 6.07) is 14.4. The van der Waals surface area contributed by atoms with E-state index in [0.29, 0.717) is 21.9 Å². The second-order valence-electron chi connectivity index (χ2n) is 6.21. The van der Waals surface area contributed by atoms with Gasteiger partial charge in [0, 0.05) is 15.1 Å². The summed E-state index contributed by atoms with van der Waals surface area (Å²) in [4.78, 5) is 25.7. The lowest BCUT2D eigenvalue weighted by Crippen LogP contribution is -2.30. The Balaban J connectivity index is 2.03. The van der Waals surface area contributed by atoms with Gasteiger partial charge in [0.1, 0.15) is 11.3 Å². The standard InChI is InChI=1S/C21H16ClNO4S/c1-2-26-20(24)17-15(11-7-9-12(22)10-8-11)16-18(27-19(17)23)13-5-3-4-6-14(13)28-21(16)25/h3-10,15H,2,23H2,1H3/t15-/m1/s1. The average molecular weight is 414 g/mol. The molecular formula is C21H16ClNO4S. The molecule has 1 atom stereocenters. The summed E-state index contributed by atoms with van der Waals surface area (Å²) in [6.45, 7) is 1.89. The van der Waals surface area contributed by atoms with Gasteiger partial charge in [0.25, 0.3) is 0 Å². The van der Waals surface area contributed by atoms with E-state index < -0.39 is 11.9 Å². The van der Waals surface area contributed by atoms with E-state index in [1.54, 1.807) is 31.2 Å². The molecular weight excluding hydrogens is 398 g/mol. The fraction of sp³-hybridized carbons (Fsp3) is 0.143. The fourth-order valence-electron chi connectivity index (χ4n) is 3.36. The van der Waals surface area contributed by atoms with Crippen LogP contribution in [-0.4, -0.2) is 12.6 Å². The van der Waals surface area contributed by atoms with Gasteiger partial charge < -0.3 is 15.2 Å². The first-order valence-electron chi connectivity index (χ1n) is 8.67. The minimum atomic E-state index is -0.701. The van der Waals surface area contributed by atoms with Crippen LogP contribution in [0.1, 0.15) is 24.0 Å². The van der Waals surface area contributed by atoms with Crippen molar-refractivity contribution in [2.75, 3.05) is 6.61 Å². The van der Waals surface area contributed by atoms with E-state index in [1.807, 2.05) is 24.3 Å². The Hall–Kier alpha value is -2.83. The van der Waals surface area contributed by atoms with Crippen LogP contribution in [0.25, 0.3) is 10.1 Å². The van der Waals surface area contributed by atoms with Crippen molar-refractivity contribution in [1.82, 2.24) is 0 Å². The number of carbonyl (C=O) groups excluding carboxylic acids is 1. The lowest BCUT2D eigenvalue weighted by molar-refractivity contribution is -0.139. The molecule has 1 aliphatic rings. The van der Waals surface area contributed by atoms with E-state index in [4.69, 9.17) is 26.8 Å². The molecule has 0 amide bonds. The van der Waals surface area contributed by atoms with E-state index in [1.165, 1.54) is 0 Å². The van der Waals surface area contributed by atoms with Gasteiger partial charge in [0.2, 0.25) is 10.6 Å². The van der Waals surface area contributed by atoms with Gasteiger partial charge in [-0.3, -0.25) is 4.79 Å². The maximum absolute atomic E-state index is 13.1. The molecule has 2 N–H and O–H groups in total. The number of benzene rings is 2. The summed E-state index contributed by atoms with van der Waals surface area (Å²) < 4.78 is 11.6. The highest BCUT2D eigenvalue weighted by molar-refractivity contribution is 7.16.